The number of nitrogens with one attached hydrogen (secondary N) is 2. The summed E-state index contributed by atoms with van der Waals surface area (Å²) in [5.41, 5.74) is 1.11. The number of hydrogen-bond donors (Lipinski definition) is 2. The van der Waals surface area contributed by atoms with Crippen LogP contribution in [0.25, 0.3) is 0 Å². The van der Waals surface area contributed by atoms with Gasteiger partial charge in [0.1, 0.15) is 0 Å². The van der Waals surface area contributed by atoms with Crippen molar-refractivity contribution in [2.45, 2.75) is 156 Å². The molecule has 1 aromatic carbocycles. The molecular weight excluding hydrogens is 568 g/mol. The molecule has 0 aliphatic rings. The Balaban J connectivity index is 2.55. The molecule has 0 fully saturated rings. The van der Waals surface area contributed by atoms with Gasteiger partial charge in [-0.3, -0.25) is 9.59 Å². The van der Waals surface area contributed by atoms with E-state index in [2.05, 4.69) is 48.1 Å². The van der Waals surface area contributed by atoms with Crippen molar-refractivity contribution in [3.8, 4) is 0 Å². The van der Waals surface area contributed by atoms with E-state index in [1.165, 1.54) is 128 Å². The molecule has 2 N–H and O–H groups in total. The summed E-state index contributed by atoms with van der Waals surface area (Å²) < 4.78 is 0. The lowest BCUT2D eigenvalue weighted by Gasteiger charge is -2.23. The average Bonchev–Trinajstić information content (AvgIpc) is 3.07. The Morgan fingerprint density at radius 1 is 0.457 bits per heavy atom. The van der Waals surface area contributed by atoms with E-state index in [1.54, 1.807) is 6.07 Å². The highest BCUT2D eigenvalue weighted by Gasteiger charge is 2.12. The lowest BCUT2D eigenvalue weighted by molar-refractivity contribution is 0.0947. The molecule has 266 valence electrons. The first-order valence-electron chi connectivity index (χ1n) is 19.7. The minimum atomic E-state index is -0.0992. The predicted octanol–water partition coefficient (Wildman–Crippen LogP) is 9.63. The normalized spacial score (nSPS) is 11.4. The van der Waals surface area contributed by atoms with Crippen LogP contribution in [0.4, 0.5) is 0 Å². The number of carbonyl (C=O) groups is 2. The van der Waals surface area contributed by atoms with Crippen molar-refractivity contribution in [3.05, 3.63) is 35.4 Å². The summed E-state index contributed by atoms with van der Waals surface area (Å²) in [5.74, 6) is -0.198. The highest BCUT2D eigenvalue weighted by atomic mass is 16.2. The van der Waals surface area contributed by atoms with Crippen LogP contribution in [0.2, 0.25) is 0 Å². The van der Waals surface area contributed by atoms with E-state index in [1.807, 2.05) is 18.2 Å². The van der Waals surface area contributed by atoms with Gasteiger partial charge in [0.2, 0.25) is 0 Å². The Kier molecular flexibility index (Phi) is 27.8. The van der Waals surface area contributed by atoms with Crippen LogP contribution >= 0.6 is 0 Å². The van der Waals surface area contributed by atoms with Crippen LogP contribution in [0.3, 0.4) is 0 Å². The van der Waals surface area contributed by atoms with Gasteiger partial charge in [-0.2, -0.15) is 0 Å². The van der Waals surface area contributed by atoms with Crippen molar-refractivity contribution >= 4 is 11.8 Å². The summed E-state index contributed by atoms with van der Waals surface area (Å²) >= 11 is 0. The van der Waals surface area contributed by atoms with Gasteiger partial charge in [-0.25, -0.2) is 0 Å². The second-order valence-electron chi connectivity index (χ2n) is 13.4. The van der Waals surface area contributed by atoms with Crippen molar-refractivity contribution in [3.63, 3.8) is 0 Å². The maximum Gasteiger partial charge on any atom is 0.251 e. The van der Waals surface area contributed by atoms with Crippen LogP contribution in [-0.4, -0.2) is 74.0 Å². The molecule has 0 spiro atoms. The van der Waals surface area contributed by atoms with Gasteiger partial charge in [0.25, 0.3) is 11.8 Å². The molecule has 0 unspecified atom stereocenters. The average molecular weight is 643 g/mol. The molecule has 2 amide bonds. The molecule has 1 aromatic rings. The SMILES string of the molecule is CCCCCCCN(CCCCCCC)CCNC(=O)c1cccc(C(=O)NCCN(CCCCCCC)CCCCCCC)c1. The number of carbonyl (C=O) groups excluding carboxylic acids is 2. The Morgan fingerprint density at radius 3 is 1.07 bits per heavy atom. The number of nitrogens with zero attached hydrogens (tertiary/aromatic N) is 2. The zero-order chi connectivity index (χ0) is 33.5. The van der Waals surface area contributed by atoms with Crippen LogP contribution in [0.15, 0.2) is 24.3 Å². The Morgan fingerprint density at radius 2 is 0.761 bits per heavy atom. The van der Waals surface area contributed by atoms with E-state index in [4.69, 9.17) is 0 Å². The maximum atomic E-state index is 13.0. The fraction of sp³-hybridized carbons (Fsp3) is 0.800. The van der Waals surface area contributed by atoms with E-state index in [0.29, 0.717) is 24.2 Å². The topological polar surface area (TPSA) is 64.7 Å². The highest BCUT2D eigenvalue weighted by Crippen LogP contribution is 2.10. The summed E-state index contributed by atoms with van der Waals surface area (Å²) in [5, 5.41) is 6.24. The van der Waals surface area contributed by atoms with E-state index in [9.17, 15) is 9.59 Å². The molecule has 0 radical (unpaired) electrons. The van der Waals surface area contributed by atoms with Gasteiger partial charge in [-0.15, -0.1) is 0 Å². The van der Waals surface area contributed by atoms with Crippen molar-refractivity contribution in [2.75, 3.05) is 52.4 Å². The van der Waals surface area contributed by atoms with Gasteiger partial charge in [0.05, 0.1) is 0 Å². The number of unbranched alkanes of at least 4 members (excludes halogenated alkanes) is 16. The molecule has 0 saturated carbocycles. The van der Waals surface area contributed by atoms with Crippen LogP contribution in [0.5, 0.6) is 0 Å². The Labute approximate surface area is 285 Å². The fourth-order valence-electron chi connectivity index (χ4n) is 6.09. The van der Waals surface area contributed by atoms with Crippen molar-refractivity contribution < 1.29 is 9.59 Å². The molecule has 1 rings (SSSR count). The molecule has 0 aliphatic heterocycles. The molecule has 6 nitrogen and oxygen atoms in total. The monoisotopic (exact) mass is 643 g/mol. The standard InChI is InChI=1S/C40H74N4O2/c1-5-9-13-17-21-30-43(31-22-18-14-10-6-2)34-28-41-39(45)37-26-25-27-38(36-37)40(46)42-29-35-44(32-23-19-15-11-7-3)33-24-20-16-12-8-4/h25-27,36H,5-24,28-35H2,1-4H3,(H,41,45)(H,42,46). The van der Waals surface area contributed by atoms with Crippen LogP contribution in [0, 0.1) is 0 Å². The number of benzene rings is 1. The summed E-state index contributed by atoms with van der Waals surface area (Å²) in [4.78, 5) is 31.1. The molecule has 46 heavy (non-hydrogen) atoms. The summed E-state index contributed by atoms with van der Waals surface area (Å²) in [6.07, 6.45) is 25.7. The minimum absolute atomic E-state index is 0.0992. The molecule has 0 aliphatic carbocycles. The lowest BCUT2D eigenvalue weighted by Crippen LogP contribution is -2.37. The lowest BCUT2D eigenvalue weighted by atomic mass is 10.1. The second kappa shape index (κ2) is 30.4. The first-order chi connectivity index (χ1) is 22.5. The van der Waals surface area contributed by atoms with E-state index >= 15 is 0 Å². The maximum absolute atomic E-state index is 13.0. The van der Waals surface area contributed by atoms with Gasteiger partial charge in [-0.05, 0) is 70.1 Å². The molecule has 0 bridgehead atoms. The second-order valence-corrected chi connectivity index (χ2v) is 13.4. The van der Waals surface area contributed by atoms with Crippen molar-refractivity contribution in [1.29, 1.82) is 0 Å². The largest absolute Gasteiger partial charge is 0.351 e. The van der Waals surface area contributed by atoms with Crippen molar-refractivity contribution in [2.24, 2.45) is 0 Å². The number of amides is 2. The van der Waals surface area contributed by atoms with Crippen LogP contribution < -0.4 is 10.6 Å². The van der Waals surface area contributed by atoms with Gasteiger partial charge in [0.15, 0.2) is 0 Å². The third kappa shape index (κ3) is 22.6. The highest BCUT2D eigenvalue weighted by molar-refractivity contribution is 5.99. The van der Waals surface area contributed by atoms with Crippen molar-refractivity contribution in [1.82, 2.24) is 20.4 Å². The van der Waals surface area contributed by atoms with Gasteiger partial charge < -0.3 is 20.4 Å². The quantitative estimate of drug-likeness (QED) is 0.0768. The first kappa shape index (κ1) is 42.1. The minimum Gasteiger partial charge on any atom is -0.351 e. The summed E-state index contributed by atoms with van der Waals surface area (Å²) in [6, 6.07) is 7.18. The molecule has 6 heteroatoms. The molecular formula is C40H74N4O2. The summed E-state index contributed by atoms with van der Waals surface area (Å²) in [6.45, 7) is 16.5. The molecule has 0 heterocycles. The van der Waals surface area contributed by atoms with Gasteiger partial charge in [-0.1, -0.05) is 136 Å². The van der Waals surface area contributed by atoms with E-state index in [-0.39, 0.29) is 11.8 Å². The number of hydrogen-bond acceptors (Lipinski definition) is 4. The third-order valence-corrected chi connectivity index (χ3v) is 9.13. The Bertz CT molecular complexity index is 768. The Hall–Kier alpha value is -1.92. The zero-order valence-corrected chi connectivity index (χ0v) is 30.8. The van der Waals surface area contributed by atoms with E-state index < -0.39 is 0 Å². The van der Waals surface area contributed by atoms with Crippen LogP contribution in [0.1, 0.15) is 177 Å². The van der Waals surface area contributed by atoms with Crippen LogP contribution in [-0.2, 0) is 0 Å². The first-order valence-corrected chi connectivity index (χ1v) is 19.7. The molecule has 0 atom stereocenters. The smallest absolute Gasteiger partial charge is 0.251 e. The van der Waals surface area contributed by atoms with E-state index in [0.717, 1.165) is 39.3 Å². The third-order valence-electron chi connectivity index (χ3n) is 9.13. The predicted molar refractivity (Wildman–Crippen MR) is 199 cm³/mol. The molecule has 0 aromatic heterocycles. The zero-order valence-electron chi connectivity index (χ0n) is 30.8. The van der Waals surface area contributed by atoms with Gasteiger partial charge in [0, 0.05) is 37.3 Å². The molecule has 0 saturated heterocycles. The fourth-order valence-corrected chi connectivity index (χ4v) is 6.09. The summed E-state index contributed by atoms with van der Waals surface area (Å²) in [7, 11) is 0. The number of rotatable bonds is 32. The van der Waals surface area contributed by atoms with Gasteiger partial charge >= 0.3 is 0 Å².